The van der Waals surface area contributed by atoms with Gasteiger partial charge in [-0.25, -0.2) is 13.1 Å². The topological polar surface area (TPSA) is 64.0 Å². The minimum absolute atomic E-state index is 0.243. The Bertz CT molecular complexity index is 660. The molecule has 0 amide bonds. The summed E-state index contributed by atoms with van der Waals surface area (Å²) in [5, 5.41) is 4.00. The highest BCUT2D eigenvalue weighted by Gasteiger charge is 2.13. The maximum atomic E-state index is 12.1. The van der Waals surface area contributed by atoms with Crippen molar-refractivity contribution in [1.29, 1.82) is 0 Å². The van der Waals surface area contributed by atoms with E-state index in [0.717, 1.165) is 24.0 Å². The SMILES string of the molecule is CCCc1ccc(S(=O)(=O)NCc2cnn(C)c2)cc1. The van der Waals surface area contributed by atoms with Gasteiger partial charge in [0.25, 0.3) is 0 Å². The molecule has 0 spiro atoms. The maximum absolute atomic E-state index is 12.1. The lowest BCUT2D eigenvalue weighted by atomic mass is 10.1. The highest BCUT2D eigenvalue weighted by Crippen LogP contribution is 2.12. The van der Waals surface area contributed by atoms with Crippen molar-refractivity contribution < 1.29 is 8.42 Å². The first kappa shape index (κ1) is 14.7. The van der Waals surface area contributed by atoms with E-state index < -0.39 is 10.0 Å². The van der Waals surface area contributed by atoms with Gasteiger partial charge in [-0.05, 0) is 24.1 Å². The molecular formula is C14H19N3O2S. The van der Waals surface area contributed by atoms with Crippen LogP contribution in [0, 0.1) is 0 Å². The predicted octanol–water partition coefficient (Wildman–Crippen LogP) is 1.85. The van der Waals surface area contributed by atoms with E-state index in [2.05, 4.69) is 16.7 Å². The summed E-state index contributed by atoms with van der Waals surface area (Å²) in [7, 11) is -1.67. The van der Waals surface area contributed by atoms with Crippen LogP contribution < -0.4 is 4.72 Å². The predicted molar refractivity (Wildman–Crippen MR) is 77.7 cm³/mol. The van der Waals surface area contributed by atoms with Gasteiger partial charge in [0.2, 0.25) is 10.0 Å². The van der Waals surface area contributed by atoms with Crippen molar-refractivity contribution in [2.45, 2.75) is 31.2 Å². The number of aryl methyl sites for hydroxylation is 2. The van der Waals surface area contributed by atoms with Gasteiger partial charge in [-0.3, -0.25) is 4.68 Å². The van der Waals surface area contributed by atoms with Crippen molar-refractivity contribution in [2.24, 2.45) is 7.05 Å². The molecule has 108 valence electrons. The van der Waals surface area contributed by atoms with E-state index in [1.807, 2.05) is 12.1 Å². The monoisotopic (exact) mass is 293 g/mol. The minimum atomic E-state index is -3.47. The van der Waals surface area contributed by atoms with Crippen LogP contribution >= 0.6 is 0 Å². The third kappa shape index (κ3) is 3.68. The summed E-state index contributed by atoms with van der Waals surface area (Å²) in [4.78, 5) is 0.293. The summed E-state index contributed by atoms with van der Waals surface area (Å²) >= 11 is 0. The Morgan fingerprint density at radius 3 is 2.45 bits per heavy atom. The molecule has 0 saturated heterocycles. The molecule has 2 aromatic rings. The molecule has 1 N–H and O–H groups in total. The Kier molecular flexibility index (Phi) is 4.57. The number of nitrogens with zero attached hydrogens (tertiary/aromatic N) is 2. The largest absolute Gasteiger partial charge is 0.275 e. The van der Waals surface area contributed by atoms with Crippen molar-refractivity contribution in [3.63, 3.8) is 0 Å². The van der Waals surface area contributed by atoms with Gasteiger partial charge in [-0.2, -0.15) is 5.10 Å². The fourth-order valence-corrected chi connectivity index (χ4v) is 2.97. The molecule has 0 radical (unpaired) electrons. The molecule has 0 aliphatic heterocycles. The van der Waals surface area contributed by atoms with Crippen LogP contribution in [0.5, 0.6) is 0 Å². The molecule has 1 aromatic heterocycles. The van der Waals surface area contributed by atoms with Gasteiger partial charge in [-0.15, -0.1) is 0 Å². The highest BCUT2D eigenvalue weighted by atomic mass is 32.2. The lowest BCUT2D eigenvalue weighted by Gasteiger charge is -2.06. The van der Waals surface area contributed by atoms with Crippen molar-refractivity contribution in [3.8, 4) is 0 Å². The molecule has 6 heteroatoms. The van der Waals surface area contributed by atoms with Crippen LogP contribution in [-0.2, 0) is 30.0 Å². The summed E-state index contributed by atoms with van der Waals surface area (Å²) in [5.74, 6) is 0. The number of benzene rings is 1. The van der Waals surface area contributed by atoms with Gasteiger partial charge < -0.3 is 0 Å². The zero-order chi connectivity index (χ0) is 14.6. The fourth-order valence-electron chi connectivity index (χ4n) is 1.95. The van der Waals surface area contributed by atoms with Crippen molar-refractivity contribution in [2.75, 3.05) is 0 Å². The number of hydrogen-bond acceptors (Lipinski definition) is 3. The highest BCUT2D eigenvalue weighted by molar-refractivity contribution is 7.89. The van der Waals surface area contributed by atoms with E-state index in [1.54, 1.807) is 36.3 Å². The smallest absolute Gasteiger partial charge is 0.240 e. The molecule has 1 aromatic carbocycles. The zero-order valence-corrected chi connectivity index (χ0v) is 12.5. The van der Waals surface area contributed by atoms with Crippen LogP contribution in [-0.4, -0.2) is 18.2 Å². The molecule has 0 aliphatic rings. The summed E-state index contributed by atoms with van der Waals surface area (Å²) in [6.45, 7) is 2.34. The summed E-state index contributed by atoms with van der Waals surface area (Å²) in [5.41, 5.74) is 1.98. The van der Waals surface area contributed by atoms with E-state index in [1.165, 1.54) is 0 Å². The minimum Gasteiger partial charge on any atom is -0.275 e. The van der Waals surface area contributed by atoms with Crippen LogP contribution in [0.1, 0.15) is 24.5 Å². The Balaban J connectivity index is 2.05. The molecule has 0 atom stereocenters. The van der Waals surface area contributed by atoms with E-state index in [-0.39, 0.29) is 6.54 Å². The summed E-state index contributed by atoms with van der Waals surface area (Å²) < 4.78 is 28.5. The zero-order valence-electron chi connectivity index (χ0n) is 11.7. The average Bonchev–Trinajstić information content (AvgIpc) is 2.84. The lowest BCUT2D eigenvalue weighted by Crippen LogP contribution is -2.23. The molecule has 0 fully saturated rings. The standard InChI is InChI=1S/C14H19N3O2S/c1-3-4-12-5-7-14(8-6-12)20(18,19)16-10-13-9-15-17(2)11-13/h5-9,11,16H,3-4,10H2,1-2H3. The van der Waals surface area contributed by atoms with Crippen LogP contribution in [0.25, 0.3) is 0 Å². The van der Waals surface area contributed by atoms with Gasteiger partial charge in [-0.1, -0.05) is 25.5 Å². The van der Waals surface area contributed by atoms with Crippen LogP contribution in [0.3, 0.4) is 0 Å². The van der Waals surface area contributed by atoms with E-state index in [9.17, 15) is 8.42 Å². The maximum Gasteiger partial charge on any atom is 0.240 e. The number of hydrogen-bond donors (Lipinski definition) is 1. The Labute approximate surface area is 119 Å². The summed E-state index contributed by atoms with van der Waals surface area (Å²) in [6, 6.07) is 7.03. The first-order valence-corrected chi connectivity index (χ1v) is 8.05. The lowest BCUT2D eigenvalue weighted by molar-refractivity contribution is 0.581. The number of aromatic nitrogens is 2. The van der Waals surface area contributed by atoms with Gasteiger partial charge in [0.1, 0.15) is 0 Å². The molecule has 0 unspecified atom stereocenters. The number of nitrogens with one attached hydrogen (secondary N) is 1. The number of sulfonamides is 1. The van der Waals surface area contributed by atoms with Crippen molar-refractivity contribution in [3.05, 3.63) is 47.8 Å². The van der Waals surface area contributed by atoms with Crippen LogP contribution in [0.15, 0.2) is 41.6 Å². The normalized spacial score (nSPS) is 11.7. The third-order valence-electron chi connectivity index (χ3n) is 3.00. The van der Waals surface area contributed by atoms with E-state index in [4.69, 9.17) is 0 Å². The Hall–Kier alpha value is -1.66. The molecule has 0 bridgehead atoms. The first-order valence-electron chi connectivity index (χ1n) is 6.57. The molecule has 0 saturated carbocycles. The molecular weight excluding hydrogens is 274 g/mol. The van der Waals surface area contributed by atoms with E-state index in [0.29, 0.717) is 4.90 Å². The van der Waals surface area contributed by atoms with Crippen molar-refractivity contribution >= 4 is 10.0 Å². The molecule has 20 heavy (non-hydrogen) atoms. The van der Waals surface area contributed by atoms with Crippen LogP contribution in [0.4, 0.5) is 0 Å². The van der Waals surface area contributed by atoms with Crippen LogP contribution in [0.2, 0.25) is 0 Å². The second kappa shape index (κ2) is 6.19. The Morgan fingerprint density at radius 2 is 1.90 bits per heavy atom. The fraction of sp³-hybridized carbons (Fsp3) is 0.357. The second-order valence-electron chi connectivity index (χ2n) is 4.74. The second-order valence-corrected chi connectivity index (χ2v) is 6.51. The third-order valence-corrected chi connectivity index (χ3v) is 4.41. The quantitative estimate of drug-likeness (QED) is 0.884. The van der Waals surface area contributed by atoms with E-state index >= 15 is 0 Å². The molecule has 1 heterocycles. The van der Waals surface area contributed by atoms with Crippen molar-refractivity contribution in [1.82, 2.24) is 14.5 Å². The summed E-state index contributed by atoms with van der Waals surface area (Å²) in [6.07, 6.45) is 5.44. The molecule has 5 nitrogen and oxygen atoms in total. The number of rotatable bonds is 6. The molecule has 0 aliphatic carbocycles. The van der Waals surface area contributed by atoms with Gasteiger partial charge in [0.05, 0.1) is 11.1 Å². The van der Waals surface area contributed by atoms with Gasteiger partial charge in [0.15, 0.2) is 0 Å². The molecule has 2 rings (SSSR count). The van der Waals surface area contributed by atoms with Gasteiger partial charge >= 0.3 is 0 Å². The van der Waals surface area contributed by atoms with Gasteiger partial charge in [0, 0.05) is 25.4 Å². The Morgan fingerprint density at radius 1 is 1.20 bits per heavy atom. The average molecular weight is 293 g/mol. The first-order chi connectivity index (χ1) is 9.51.